The van der Waals surface area contributed by atoms with Gasteiger partial charge in [0.25, 0.3) is 0 Å². The van der Waals surface area contributed by atoms with Crippen LogP contribution in [-0.4, -0.2) is 28.9 Å². The van der Waals surface area contributed by atoms with Crippen molar-refractivity contribution in [2.24, 2.45) is 0 Å². The topological polar surface area (TPSA) is 49.3 Å². The average Bonchev–Trinajstić information content (AvgIpc) is 2.31. The van der Waals surface area contributed by atoms with Gasteiger partial charge in [-0.15, -0.1) is 11.8 Å². The van der Waals surface area contributed by atoms with E-state index in [0.29, 0.717) is 12.2 Å². The molecule has 0 bridgehead atoms. The molecule has 0 saturated heterocycles. The zero-order chi connectivity index (χ0) is 15.3. The minimum Gasteiger partial charge on any atom is -0.396 e. The molecule has 112 valence electrons. The highest BCUT2D eigenvalue weighted by atomic mass is 79.9. The number of rotatable bonds is 6. The molecule has 0 aliphatic heterocycles. The van der Waals surface area contributed by atoms with Crippen molar-refractivity contribution in [3.05, 3.63) is 27.7 Å². The molecule has 0 aromatic heterocycles. The predicted molar refractivity (Wildman–Crippen MR) is 88.3 cm³/mol. The fourth-order valence-electron chi connectivity index (χ4n) is 1.81. The van der Waals surface area contributed by atoms with Crippen LogP contribution in [0.4, 0.5) is 0 Å². The van der Waals surface area contributed by atoms with E-state index in [-0.39, 0.29) is 18.1 Å². The number of aliphatic hydroxyl groups is 1. The molecule has 0 heterocycles. The number of halogens is 1. The number of aryl methyl sites for hydroxylation is 2. The number of benzene rings is 1. The Balaban J connectivity index is 2.59. The second kappa shape index (κ2) is 7.48. The number of aliphatic hydroxyl groups excluding tert-OH is 1. The molecule has 2 N–H and O–H groups in total. The van der Waals surface area contributed by atoms with Gasteiger partial charge in [0.05, 0.1) is 5.75 Å². The maximum atomic E-state index is 11.9. The summed E-state index contributed by atoms with van der Waals surface area (Å²) in [6.07, 6.45) is 0.555. The summed E-state index contributed by atoms with van der Waals surface area (Å²) in [5.74, 6) is 0.380. The lowest BCUT2D eigenvalue weighted by atomic mass is 10.0. The van der Waals surface area contributed by atoms with Gasteiger partial charge in [0.1, 0.15) is 0 Å². The quantitative estimate of drug-likeness (QED) is 0.764. The molecule has 5 heteroatoms. The van der Waals surface area contributed by atoms with E-state index >= 15 is 0 Å². The van der Waals surface area contributed by atoms with Crippen LogP contribution >= 0.6 is 27.7 Å². The Kier molecular flexibility index (Phi) is 6.55. The van der Waals surface area contributed by atoms with Crippen molar-refractivity contribution < 1.29 is 9.90 Å². The Bertz CT molecular complexity index is 489. The van der Waals surface area contributed by atoms with E-state index < -0.39 is 0 Å². The number of carbonyl (C=O) groups is 1. The number of nitrogens with one attached hydrogen (secondary N) is 1. The third-order valence-corrected chi connectivity index (χ3v) is 5.04. The molecule has 0 atom stereocenters. The van der Waals surface area contributed by atoms with Crippen molar-refractivity contribution >= 4 is 33.6 Å². The van der Waals surface area contributed by atoms with Crippen LogP contribution in [0.3, 0.4) is 0 Å². The number of amides is 1. The smallest absolute Gasteiger partial charge is 0.230 e. The fourth-order valence-corrected chi connectivity index (χ4v) is 3.17. The monoisotopic (exact) mass is 359 g/mol. The van der Waals surface area contributed by atoms with Crippen LogP contribution in [0.15, 0.2) is 21.5 Å². The summed E-state index contributed by atoms with van der Waals surface area (Å²) in [6.45, 7) is 7.99. The van der Waals surface area contributed by atoms with Gasteiger partial charge in [-0.2, -0.15) is 0 Å². The first kappa shape index (κ1) is 17.5. The summed E-state index contributed by atoms with van der Waals surface area (Å²) in [5, 5.41) is 11.9. The van der Waals surface area contributed by atoms with Gasteiger partial charge in [-0.25, -0.2) is 0 Å². The lowest BCUT2D eigenvalue weighted by Gasteiger charge is -2.25. The van der Waals surface area contributed by atoms with Gasteiger partial charge in [-0.3, -0.25) is 4.79 Å². The second-order valence-corrected chi connectivity index (χ2v) is 7.43. The highest BCUT2D eigenvalue weighted by Gasteiger charge is 2.19. The summed E-state index contributed by atoms with van der Waals surface area (Å²) in [7, 11) is 0. The first-order valence-electron chi connectivity index (χ1n) is 6.56. The normalized spacial score (nSPS) is 11.5. The molecule has 1 aromatic carbocycles. The number of carbonyl (C=O) groups excluding carboxylic acids is 1. The first-order chi connectivity index (χ1) is 9.25. The summed E-state index contributed by atoms with van der Waals surface area (Å²) in [5.41, 5.74) is 1.96. The zero-order valence-corrected chi connectivity index (χ0v) is 14.8. The number of hydrogen-bond acceptors (Lipinski definition) is 3. The highest BCUT2D eigenvalue weighted by molar-refractivity contribution is 9.10. The Hall–Kier alpha value is -0.520. The third-order valence-electron chi connectivity index (χ3n) is 3.03. The van der Waals surface area contributed by atoms with Crippen LogP contribution in [0.2, 0.25) is 0 Å². The molecule has 0 aliphatic rings. The van der Waals surface area contributed by atoms with E-state index in [4.69, 9.17) is 5.11 Å². The maximum Gasteiger partial charge on any atom is 0.230 e. The molecular weight excluding hydrogens is 338 g/mol. The molecule has 1 amide bonds. The summed E-state index contributed by atoms with van der Waals surface area (Å²) >= 11 is 5.05. The van der Waals surface area contributed by atoms with Gasteiger partial charge in [0.2, 0.25) is 5.91 Å². The third kappa shape index (κ3) is 5.46. The van der Waals surface area contributed by atoms with Crippen LogP contribution < -0.4 is 5.32 Å². The van der Waals surface area contributed by atoms with Crippen molar-refractivity contribution in [2.45, 2.75) is 44.6 Å². The molecular formula is C15H22BrNO2S. The summed E-state index contributed by atoms with van der Waals surface area (Å²) in [6, 6.07) is 4.17. The molecule has 0 spiro atoms. The molecule has 0 saturated carbocycles. The van der Waals surface area contributed by atoms with Gasteiger partial charge in [0.15, 0.2) is 0 Å². The lowest BCUT2D eigenvalue weighted by molar-refractivity contribution is -0.120. The van der Waals surface area contributed by atoms with Crippen molar-refractivity contribution in [3.8, 4) is 0 Å². The van der Waals surface area contributed by atoms with E-state index in [1.165, 1.54) is 5.56 Å². The second-order valence-electron chi connectivity index (χ2n) is 5.56. The van der Waals surface area contributed by atoms with Crippen molar-refractivity contribution in [1.29, 1.82) is 0 Å². The molecule has 0 radical (unpaired) electrons. The summed E-state index contributed by atoms with van der Waals surface area (Å²) in [4.78, 5) is 13.1. The molecule has 0 aliphatic carbocycles. The Morgan fingerprint density at radius 3 is 2.60 bits per heavy atom. The highest BCUT2D eigenvalue weighted by Crippen LogP contribution is 2.28. The molecule has 1 aromatic rings. The van der Waals surface area contributed by atoms with Crippen molar-refractivity contribution in [3.63, 3.8) is 0 Å². The lowest BCUT2D eigenvalue weighted by Crippen LogP contribution is -2.44. The maximum absolute atomic E-state index is 11.9. The van der Waals surface area contributed by atoms with E-state index in [1.54, 1.807) is 11.8 Å². The van der Waals surface area contributed by atoms with Gasteiger partial charge >= 0.3 is 0 Å². The fraction of sp³-hybridized carbons (Fsp3) is 0.533. The van der Waals surface area contributed by atoms with E-state index in [0.717, 1.165) is 14.9 Å². The summed E-state index contributed by atoms with van der Waals surface area (Å²) < 4.78 is 1.09. The van der Waals surface area contributed by atoms with Crippen molar-refractivity contribution in [1.82, 2.24) is 5.32 Å². The van der Waals surface area contributed by atoms with E-state index in [1.807, 2.05) is 27.7 Å². The van der Waals surface area contributed by atoms with E-state index in [9.17, 15) is 4.79 Å². The van der Waals surface area contributed by atoms with Gasteiger partial charge in [-0.1, -0.05) is 15.9 Å². The average molecular weight is 360 g/mol. The Morgan fingerprint density at radius 2 is 2.00 bits per heavy atom. The van der Waals surface area contributed by atoms with Crippen LogP contribution in [0.1, 0.15) is 31.4 Å². The van der Waals surface area contributed by atoms with Crippen molar-refractivity contribution in [2.75, 3.05) is 12.4 Å². The molecule has 0 fully saturated rings. The molecule has 0 unspecified atom stereocenters. The Labute approximate surface area is 133 Å². The minimum absolute atomic E-state index is 0.00609. The van der Waals surface area contributed by atoms with Crippen LogP contribution in [0.25, 0.3) is 0 Å². The van der Waals surface area contributed by atoms with Crippen LogP contribution in [0.5, 0.6) is 0 Å². The van der Waals surface area contributed by atoms with Gasteiger partial charge in [0, 0.05) is 21.5 Å². The zero-order valence-electron chi connectivity index (χ0n) is 12.4. The Morgan fingerprint density at radius 1 is 1.35 bits per heavy atom. The molecule has 3 nitrogen and oxygen atoms in total. The minimum atomic E-state index is -0.364. The first-order valence-corrected chi connectivity index (χ1v) is 8.34. The predicted octanol–water partition coefficient (Wildman–Crippen LogP) is 3.44. The number of thioether (sulfide) groups is 1. The van der Waals surface area contributed by atoms with Crippen LogP contribution in [0, 0.1) is 13.8 Å². The standard InChI is InChI=1S/C15H22BrNO2S/c1-10-8-13(11(2)7-12(10)16)20-9-14(19)17-15(3,4)5-6-18/h7-8,18H,5-6,9H2,1-4H3,(H,17,19). The largest absolute Gasteiger partial charge is 0.396 e. The SMILES string of the molecule is Cc1cc(SCC(=O)NC(C)(C)CCO)c(C)cc1Br. The molecule has 1 rings (SSSR count). The number of hydrogen-bond donors (Lipinski definition) is 2. The molecule has 20 heavy (non-hydrogen) atoms. The van der Waals surface area contributed by atoms with Crippen LogP contribution in [-0.2, 0) is 4.79 Å². The van der Waals surface area contributed by atoms with Gasteiger partial charge < -0.3 is 10.4 Å². The van der Waals surface area contributed by atoms with E-state index in [2.05, 4.69) is 33.4 Å². The van der Waals surface area contributed by atoms with Gasteiger partial charge in [-0.05, 0) is 57.4 Å².